The molecule has 0 atom stereocenters. The fourth-order valence-corrected chi connectivity index (χ4v) is 1.75. The van der Waals surface area contributed by atoms with Crippen molar-refractivity contribution in [2.75, 3.05) is 11.6 Å². The van der Waals surface area contributed by atoms with Crippen molar-refractivity contribution in [2.24, 2.45) is 0 Å². The van der Waals surface area contributed by atoms with E-state index in [9.17, 15) is 13.2 Å². The SMILES string of the molecule is CSc1cc(NC2(C(F)(F)F)CC2)ncn1. The highest BCUT2D eigenvalue weighted by molar-refractivity contribution is 7.98. The number of halogens is 3. The zero-order valence-corrected chi connectivity index (χ0v) is 9.32. The second-order valence-electron chi connectivity index (χ2n) is 3.65. The molecular formula is C9H10F3N3S. The molecule has 1 aromatic heterocycles. The van der Waals surface area contributed by atoms with Crippen LogP contribution in [-0.4, -0.2) is 27.9 Å². The minimum Gasteiger partial charge on any atom is -0.356 e. The van der Waals surface area contributed by atoms with E-state index in [1.54, 1.807) is 0 Å². The highest BCUT2D eigenvalue weighted by Gasteiger charge is 2.63. The second-order valence-corrected chi connectivity index (χ2v) is 4.48. The number of thioether (sulfide) groups is 1. The van der Waals surface area contributed by atoms with Crippen molar-refractivity contribution < 1.29 is 13.2 Å². The van der Waals surface area contributed by atoms with E-state index in [-0.39, 0.29) is 18.7 Å². The molecule has 88 valence electrons. The minimum atomic E-state index is -4.22. The molecule has 0 aromatic carbocycles. The maximum atomic E-state index is 12.7. The Bertz CT molecular complexity index is 390. The number of alkyl halides is 3. The first-order valence-corrected chi connectivity index (χ1v) is 5.90. The molecule has 0 aliphatic heterocycles. The van der Waals surface area contributed by atoms with Gasteiger partial charge in [0.1, 0.15) is 22.7 Å². The molecule has 0 spiro atoms. The van der Waals surface area contributed by atoms with E-state index in [0.717, 1.165) is 0 Å². The summed E-state index contributed by atoms with van der Waals surface area (Å²) < 4.78 is 38.0. The summed E-state index contributed by atoms with van der Waals surface area (Å²) in [6, 6.07) is 1.52. The molecule has 0 radical (unpaired) electrons. The second kappa shape index (κ2) is 3.80. The molecule has 3 nitrogen and oxygen atoms in total. The molecule has 0 saturated heterocycles. The van der Waals surface area contributed by atoms with Gasteiger partial charge >= 0.3 is 6.18 Å². The van der Waals surface area contributed by atoms with Crippen LogP contribution in [0.25, 0.3) is 0 Å². The maximum absolute atomic E-state index is 12.7. The third-order valence-electron chi connectivity index (χ3n) is 2.51. The van der Waals surface area contributed by atoms with Gasteiger partial charge in [0.2, 0.25) is 0 Å². The van der Waals surface area contributed by atoms with Crippen LogP contribution in [0.3, 0.4) is 0 Å². The lowest BCUT2D eigenvalue weighted by Gasteiger charge is -2.21. The van der Waals surface area contributed by atoms with E-state index in [0.29, 0.717) is 5.03 Å². The molecule has 0 unspecified atom stereocenters. The van der Waals surface area contributed by atoms with Gasteiger partial charge in [-0.05, 0) is 19.1 Å². The highest BCUT2D eigenvalue weighted by Crippen LogP contribution is 2.50. The molecule has 1 aliphatic carbocycles. The Morgan fingerprint density at radius 1 is 1.38 bits per heavy atom. The molecule has 1 aliphatic rings. The van der Waals surface area contributed by atoms with Gasteiger partial charge in [-0.1, -0.05) is 0 Å². The quantitative estimate of drug-likeness (QED) is 0.660. The van der Waals surface area contributed by atoms with E-state index < -0.39 is 11.7 Å². The summed E-state index contributed by atoms with van der Waals surface area (Å²) in [5, 5.41) is 3.10. The standard InChI is InChI=1S/C9H10F3N3S/c1-16-7-4-6(13-5-14-7)15-8(2-3-8)9(10,11)12/h4-5H,2-3H2,1H3,(H,13,14,15). The Balaban J connectivity index is 2.15. The van der Waals surface area contributed by atoms with Crippen LogP contribution in [0.5, 0.6) is 0 Å². The van der Waals surface area contributed by atoms with Gasteiger partial charge in [-0.15, -0.1) is 11.8 Å². The number of rotatable bonds is 3. The highest BCUT2D eigenvalue weighted by atomic mass is 32.2. The Kier molecular flexibility index (Phi) is 2.73. The Morgan fingerprint density at radius 3 is 2.56 bits per heavy atom. The van der Waals surface area contributed by atoms with Gasteiger partial charge in [-0.2, -0.15) is 13.2 Å². The van der Waals surface area contributed by atoms with Crippen LogP contribution in [0.2, 0.25) is 0 Å². The summed E-state index contributed by atoms with van der Waals surface area (Å²) in [5.74, 6) is 0.231. The monoisotopic (exact) mass is 249 g/mol. The van der Waals surface area contributed by atoms with Crippen LogP contribution in [0.4, 0.5) is 19.0 Å². The van der Waals surface area contributed by atoms with Gasteiger partial charge in [0.15, 0.2) is 0 Å². The van der Waals surface area contributed by atoms with Crippen molar-refractivity contribution in [3.05, 3.63) is 12.4 Å². The van der Waals surface area contributed by atoms with Crippen LogP contribution in [0.15, 0.2) is 17.4 Å². The molecule has 1 aromatic rings. The zero-order valence-electron chi connectivity index (χ0n) is 8.51. The summed E-state index contributed by atoms with van der Waals surface area (Å²) in [4.78, 5) is 7.69. The number of hydrogen-bond donors (Lipinski definition) is 1. The fraction of sp³-hybridized carbons (Fsp3) is 0.556. The van der Waals surface area contributed by atoms with Gasteiger partial charge < -0.3 is 5.32 Å². The smallest absolute Gasteiger partial charge is 0.356 e. The van der Waals surface area contributed by atoms with Crippen LogP contribution in [0, 0.1) is 0 Å². The lowest BCUT2D eigenvalue weighted by Crippen LogP contribution is -2.38. The van der Waals surface area contributed by atoms with Crippen molar-refractivity contribution >= 4 is 17.6 Å². The normalized spacial score (nSPS) is 18.2. The van der Waals surface area contributed by atoms with Crippen molar-refractivity contribution in [3.63, 3.8) is 0 Å². The third kappa shape index (κ3) is 2.09. The summed E-state index contributed by atoms with van der Waals surface area (Å²) in [7, 11) is 0. The average Bonchev–Trinajstić information content (AvgIpc) is 2.98. The molecule has 1 heterocycles. The van der Waals surface area contributed by atoms with E-state index >= 15 is 0 Å². The van der Waals surface area contributed by atoms with Crippen LogP contribution >= 0.6 is 11.8 Å². The van der Waals surface area contributed by atoms with E-state index in [2.05, 4.69) is 15.3 Å². The van der Waals surface area contributed by atoms with Crippen molar-refractivity contribution in [1.29, 1.82) is 0 Å². The number of hydrogen-bond acceptors (Lipinski definition) is 4. The topological polar surface area (TPSA) is 37.8 Å². The number of nitrogens with one attached hydrogen (secondary N) is 1. The molecule has 1 N–H and O–H groups in total. The van der Waals surface area contributed by atoms with Gasteiger partial charge in [-0.3, -0.25) is 0 Å². The molecular weight excluding hydrogens is 239 g/mol. The predicted octanol–water partition coefficient (Wildman–Crippen LogP) is 2.71. The van der Waals surface area contributed by atoms with Crippen molar-refractivity contribution in [1.82, 2.24) is 9.97 Å². The first kappa shape index (κ1) is 11.5. The molecule has 16 heavy (non-hydrogen) atoms. The molecule has 7 heteroatoms. The maximum Gasteiger partial charge on any atom is 0.411 e. The molecule has 1 fully saturated rings. The number of aromatic nitrogens is 2. The van der Waals surface area contributed by atoms with Crippen LogP contribution in [-0.2, 0) is 0 Å². The summed E-state index contributed by atoms with van der Waals surface area (Å²) >= 11 is 1.36. The minimum absolute atomic E-state index is 0.106. The Morgan fingerprint density at radius 2 is 2.06 bits per heavy atom. The molecule has 1 saturated carbocycles. The van der Waals surface area contributed by atoms with E-state index in [1.165, 1.54) is 24.2 Å². The lowest BCUT2D eigenvalue weighted by atomic mass is 10.2. The van der Waals surface area contributed by atoms with Crippen molar-refractivity contribution in [3.8, 4) is 0 Å². The first-order valence-electron chi connectivity index (χ1n) is 4.68. The Hall–Kier alpha value is -0.980. The van der Waals surface area contributed by atoms with E-state index in [1.807, 2.05) is 6.26 Å². The summed E-state index contributed by atoms with van der Waals surface area (Å²) in [6.07, 6.45) is -0.939. The summed E-state index contributed by atoms with van der Waals surface area (Å²) in [5.41, 5.74) is -1.77. The van der Waals surface area contributed by atoms with Crippen LogP contribution in [0.1, 0.15) is 12.8 Å². The van der Waals surface area contributed by atoms with Crippen LogP contribution < -0.4 is 5.32 Å². The number of anilines is 1. The number of nitrogens with zero attached hydrogens (tertiary/aromatic N) is 2. The Labute approximate surface area is 94.9 Å². The summed E-state index contributed by atoms with van der Waals surface area (Å²) in [6.45, 7) is 0. The predicted molar refractivity (Wildman–Crippen MR) is 55.5 cm³/mol. The zero-order chi connectivity index (χ0) is 11.8. The van der Waals surface area contributed by atoms with Gasteiger partial charge in [0.25, 0.3) is 0 Å². The van der Waals surface area contributed by atoms with Gasteiger partial charge in [0, 0.05) is 6.07 Å². The third-order valence-corrected chi connectivity index (χ3v) is 3.15. The van der Waals surface area contributed by atoms with Gasteiger partial charge in [0.05, 0.1) is 0 Å². The first-order chi connectivity index (χ1) is 7.47. The lowest BCUT2D eigenvalue weighted by molar-refractivity contribution is -0.151. The largest absolute Gasteiger partial charge is 0.411 e. The molecule has 2 rings (SSSR count). The van der Waals surface area contributed by atoms with Gasteiger partial charge in [-0.25, -0.2) is 9.97 Å². The fourth-order valence-electron chi connectivity index (χ4n) is 1.37. The van der Waals surface area contributed by atoms with E-state index in [4.69, 9.17) is 0 Å². The average molecular weight is 249 g/mol. The molecule has 0 amide bonds. The molecule has 0 bridgehead atoms. The van der Waals surface area contributed by atoms with Crippen molar-refractivity contribution in [2.45, 2.75) is 29.6 Å².